The Hall–Kier alpha value is -2.06. The third kappa shape index (κ3) is 2.45. The lowest BCUT2D eigenvalue weighted by Gasteiger charge is -2.21. The molecular weight excluding hydrogens is 198 g/mol. The summed E-state index contributed by atoms with van der Waals surface area (Å²) >= 11 is 0. The Bertz CT molecular complexity index is 414. The standard InChI is InChI=1S/C10H9NO4/c11-6-10(15)4-3-7(5-8(10)12)1-2-9(13)14/h1-3,5,12,15H,4H2,(H,13,14). The Morgan fingerprint density at radius 2 is 2.33 bits per heavy atom. The summed E-state index contributed by atoms with van der Waals surface area (Å²) in [5.41, 5.74) is -1.45. The number of nitriles is 1. The minimum absolute atomic E-state index is 0.0644. The molecule has 0 saturated carbocycles. The van der Waals surface area contributed by atoms with Gasteiger partial charge in [-0.15, -0.1) is 0 Å². The first kappa shape index (κ1) is 11.0. The van der Waals surface area contributed by atoms with Crippen molar-refractivity contribution in [3.8, 4) is 6.07 Å². The fraction of sp³-hybridized carbons (Fsp3) is 0.200. The molecule has 0 saturated heterocycles. The lowest BCUT2D eigenvalue weighted by atomic mass is 9.91. The first-order chi connectivity index (χ1) is 6.98. The zero-order valence-electron chi connectivity index (χ0n) is 7.71. The summed E-state index contributed by atoms with van der Waals surface area (Å²) in [4.78, 5) is 10.2. The van der Waals surface area contributed by atoms with Crippen molar-refractivity contribution in [3.63, 3.8) is 0 Å². The number of aliphatic hydroxyl groups is 2. The van der Waals surface area contributed by atoms with Gasteiger partial charge in [-0.05, 0) is 17.7 Å². The molecule has 1 aliphatic rings. The van der Waals surface area contributed by atoms with Crippen LogP contribution in [0.25, 0.3) is 0 Å². The number of carboxylic acids is 1. The normalized spacial score (nSPS) is 25.6. The number of aliphatic carboxylic acids is 1. The fourth-order valence-electron chi connectivity index (χ4n) is 1.09. The summed E-state index contributed by atoms with van der Waals surface area (Å²) in [6.07, 6.45) is 4.75. The molecule has 0 spiro atoms. The first-order valence-electron chi connectivity index (χ1n) is 4.14. The van der Waals surface area contributed by atoms with Gasteiger partial charge >= 0.3 is 5.97 Å². The lowest BCUT2D eigenvalue weighted by Crippen LogP contribution is -2.30. The first-order valence-corrected chi connectivity index (χ1v) is 4.14. The molecule has 5 heteroatoms. The molecule has 1 rings (SSSR count). The number of rotatable bonds is 2. The van der Waals surface area contributed by atoms with Crippen LogP contribution in [0.3, 0.4) is 0 Å². The van der Waals surface area contributed by atoms with E-state index in [0.717, 1.165) is 12.2 Å². The number of hydrogen-bond acceptors (Lipinski definition) is 4. The second-order valence-electron chi connectivity index (χ2n) is 3.08. The third-order valence-electron chi connectivity index (χ3n) is 1.96. The maximum atomic E-state index is 10.2. The highest BCUT2D eigenvalue weighted by molar-refractivity contribution is 5.80. The van der Waals surface area contributed by atoms with E-state index in [2.05, 4.69) is 0 Å². The molecule has 1 aliphatic carbocycles. The number of nitrogens with zero attached hydrogens (tertiary/aromatic N) is 1. The molecule has 0 aromatic rings. The summed E-state index contributed by atoms with van der Waals surface area (Å²) in [6.45, 7) is 0. The molecule has 0 radical (unpaired) electrons. The van der Waals surface area contributed by atoms with Gasteiger partial charge in [0.2, 0.25) is 5.60 Å². The van der Waals surface area contributed by atoms with Crippen LogP contribution < -0.4 is 0 Å². The number of aliphatic hydroxyl groups excluding tert-OH is 1. The molecule has 78 valence electrons. The molecule has 5 nitrogen and oxygen atoms in total. The zero-order chi connectivity index (χ0) is 11.5. The van der Waals surface area contributed by atoms with Crippen LogP contribution in [0.4, 0.5) is 0 Å². The second-order valence-corrected chi connectivity index (χ2v) is 3.08. The zero-order valence-corrected chi connectivity index (χ0v) is 7.71. The Balaban J connectivity index is 2.87. The van der Waals surface area contributed by atoms with Gasteiger partial charge in [-0.25, -0.2) is 4.79 Å². The van der Waals surface area contributed by atoms with Gasteiger partial charge < -0.3 is 15.3 Å². The minimum atomic E-state index is -1.89. The average Bonchev–Trinajstić information content (AvgIpc) is 2.20. The van der Waals surface area contributed by atoms with Gasteiger partial charge in [-0.2, -0.15) is 5.26 Å². The highest BCUT2D eigenvalue weighted by Crippen LogP contribution is 2.26. The third-order valence-corrected chi connectivity index (χ3v) is 1.96. The number of carbonyl (C=O) groups is 1. The Kier molecular flexibility index (Phi) is 2.93. The Labute approximate surface area is 85.9 Å². The fourth-order valence-corrected chi connectivity index (χ4v) is 1.09. The van der Waals surface area contributed by atoms with Crippen molar-refractivity contribution in [3.05, 3.63) is 35.6 Å². The largest absolute Gasteiger partial charge is 0.508 e. The smallest absolute Gasteiger partial charge is 0.328 e. The predicted molar refractivity (Wildman–Crippen MR) is 50.8 cm³/mol. The number of hydrogen-bond donors (Lipinski definition) is 3. The maximum Gasteiger partial charge on any atom is 0.328 e. The molecule has 0 aromatic carbocycles. The van der Waals surface area contributed by atoms with E-state index in [1.807, 2.05) is 0 Å². The van der Waals surface area contributed by atoms with Gasteiger partial charge in [0.05, 0.1) is 0 Å². The van der Waals surface area contributed by atoms with Crippen LogP contribution in [0.2, 0.25) is 0 Å². The molecule has 0 aromatic heterocycles. The highest BCUT2D eigenvalue weighted by Gasteiger charge is 2.33. The van der Waals surface area contributed by atoms with Crippen molar-refractivity contribution >= 4 is 5.97 Å². The van der Waals surface area contributed by atoms with Crippen molar-refractivity contribution in [2.75, 3.05) is 0 Å². The minimum Gasteiger partial charge on any atom is -0.508 e. The van der Waals surface area contributed by atoms with Gasteiger partial charge in [0.25, 0.3) is 0 Å². The van der Waals surface area contributed by atoms with Crippen molar-refractivity contribution in [2.45, 2.75) is 12.0 Å². The summed E-state index contributed by atoms with van der Waals surface area (Å²) in [5.74, 6) is -1.58. The van der Waals surface area contributed by atoms with E-state index in [-0.39, 0.29) is 6.42 Å². The Morgan fingerprint density at radius 3 is 2.80 bits per heavy atom. The molecule has 0 amide bonds. The van der Waals surface area contributed by atoms with Gasteiger partial charge in [-0.3, -0.25) is 0 Å². The van der Waals surface area contributed by atoms with Crippen LogP contribution in [0, 0.1) is 11.3 Å². The van der Waals surface area contributed by atoms with E-state index in [1.54, 1.807) is 6.07 Å². The molecule has 1 atom stereocenters. The van der Waals surface area contributed by atoms with Crippen LogP contribution in [-0.4, -0.2) is 26.9 Å². The number of allylic oxidation sites excluding steroid dienone is 3. The summed E-state index contributed by atoms with van der Waals surface area (Å²) in [5, 5.41) is 35.8. The molecule has 1 unspecified atom stereocenters. The second kappa shape index (κ2) is 3.98. The van der Waals surface area contributed by atoms with Gasteiger partial charge in [-0.1, -0.05) is 6.08 Å². The Morgan fingerprint density at radius 1 is 1.67 bits per heavy atom. The maximum absolute atomic E-state index is 10.2. The van der Waals surface area contributed by atoms with E-state index in [1.165, 1.54) is 12.2 Å². The van der Waals surface area contributed by atoms with Crippen molar-refractivity contribution in [1.29, 1.82) is 5.26 Å². The number of carboxylic acid groups (broad SMARTS) is 1. The monoisotopic (exact) mass is 207 g/mol. The summed E-state index contributed by atoms with van der Waals surface area (Å²) in [6, 6.07) is 1.57. The summed E-state index contributed by atoms with van der Waals surface area (Å²) < 4.78 is 0. The van der Waals surface area contributed by atoms with Gasteiger partial charge in [0, 0.05) is 12.5 Å². The van der Waals surface area contributed by atoms with E-state index in [4.69, 9.17) is 10.4 Å². The molecule has 15 heavy (non-hydrogen) atoms. The topological polar surface area (TPSA) is 102 Å². The molecule has 0 fully saturated rings. The highest BCUT2D eigenvalue weighted by atomic mass is 16.4. The van der Waals surface area contributed by atoms with Crippen LogP contribution in [0.5, 0.6) is 0 Å². The van der Waals surface area contributed by atoms with Crippen molar-refractivity contribution in [1.82, 2.24) is 0 Å². The quantitative estimate of drug-likeness (QED) is 0.456. The molecule has 0 heterocycles. The average molecular weight is 207 g/mol. The summed E-state index contributed by atoms with van der Waals surface area (Å²) in [7, 11) is 0. The van der Waals surface area contributed by atoms with E-state index in [9.17, 15) is 15.0 Å². The molecular formula is C10H9NO4. The molecule has 0 bridgehead atoms. The van der Waals surface area contributed by atoms with Gasteiger partial charge in [0.1, 0.15) is 11.8 Å². The van der Waals surface area contributed by atoms with E-state index in [0.29, 0.717) is 5.57 Å². The van der Waals surface area contributed by atoms with E-state index >= 15 is 0 Å². The van der Waals surface area contributed by atoms with Gasteiger partial charge in [0.15, 0.2) is 0 Å². The van der Waals surface area contributed by atoms with E-state index < -0.39 is 17.3 Å². The van der Waals surface area contributed by atoms with Crippen LogP contribution in [-0.2, 0) is 4.79 Å². The lowest BCUT2D eigenvalue weighted by molar-refractivity contribution is -0.131. The van der Waals surface area contributed by atoms with Crippen molar-refractivity contribution in [2.24, 2.45) is 0 Å². The SMILES string of the molecule is N#CC1(O)CC=C(C=CC(=O)O)C=C1O. The predicted octanol–water partition coefficient (Wildman–Crippen LogP) is 0.654. The molecule has 0 aliphatic heterocycles. The van der Waals surface area contributed by atoms with Crippen LogP contribution >= 0.6 is 0 Å². The van der Waals surface area contributed by atoms with Crippen LogP contribution in [0.1, 0.15) is 6.42 Å². The van der Waals surface area contributed by atoms with Crippen molar-refractivity contribution < 1.29 is 20.1 Å². The van der Waals surface area contributed by atoms with Crippen LogP contribution in [0.15, 0.2) is 35.6 Å². The molecule has 3 N–H and O–H groups in total.